The quantitative estimate of drug-likeness (QED) is 0.396. The van der Waals surface area contributed by atoms with Crippen molar-refractivity contribution in [3.63, 3.8) is 0 Å². The fraction of sp³-hybridized carbons (Fsp3) is 0.467. The molecule has 200 valence electrons. The molecule has 1 spiro atoms. The normalized spacial score (nSPS) is 28.7. The number of piperazine rings is 1. The van der Waals surface area contributed by atoms with Gasteiger partial charge in [0.15, 0.2) is 0 Å². The van der Waals surface area contributed by atoms with E-state index in [1.807, 2.05) is 36.4 Å². The first-order valence-corrected chi connectivity index (χ1v) is 14.1. The third-order valence-corrected chi connectivity index (χ3v) is 8.83. The topological polar surface area (TPSA) is 65.1 Å². The number of carbonyl (C=O) groups excluding carboxylic acids is 2. The molecule has 2 aromatic carbocycles. The van der Waals surface area contributed by atoms with Gasteiger partial charge < -0.3 is 19.9 Å². The molecule has 4 atom stereocenters. The van der Waals surface area contributed by atoms with Gasteiger partial charge in [-0.25, -0.2) is 0 Å². The summed E-state index contributed by atoms with van der Waals surface area (Å²) >= 11 is 6.34. The predicted octanol–water partition coefficient (Wildman–Crippen LogP) is 2.95. The molecule has 6 rings (SSSR count). The van der Waals surface area contributed by atoms with E-state index in [0.717, 1.165) is 51.3 Å². The van der Waals surface area contributed by atoms with Crippen LogP contribution in [0, 0.1) is 11.8 Å². The molecule has 0 aromatic heterocycles. The highest BCUT2D eigenvalue weighted by atomic mass is 35.5. The highest BCUT2D eigenvalue weighted by molar-refractivity contribution is 6.31. The highest BCUT2D eigenvalue weighted by Gasteiger charge is 2.66. The van der Waals surface area contributed by atoms with Crippen molar-refractivity contribution in [1.29, 1.82) is 0 Å². The van der Waals surface area contributed by atoms with Crippen LogP contribution < -0.4 is 5.32 Å². The molecule has 38 heavy (non-hydrogen) atoms. The number of nitrogens with one attached hydrogen (secondary N) is 1. The van der Waals surface area contributed by atoms with Crippen molar-refractivity contribution in [3.05, 3.63) is 82.9 Å². The summed E-state index contributed by atoms with van der Waals surface area (Å²) in [5.41, 5.74) is 1.56. The number of likely N-dealkylation sites (tertiary alicyclic amines) is 1. The SMILES string of the molecule is O=C(NCCCN1CCN(Cc2ccccc2)CC1)[C@H]1[C@H]2C=C[C@@]3(CN(Cc4ccccc4Cl)C(=O)[C@@H]13)O2. The maximum atomic E-state index is 13.5. The van der Waals surface area contributed by atoms with Crippen LogP contribution in [0.2, 0.25) is 5.02 Å². The van der Waals surface area contributed by atoms with E-state index in [1.54, 1.807) is 4.90 Å². The lowest BCUT2D eigenvalue weighted by Crippen LogP contribution is -2.47. The number of nitrogens with zero attached hydrogens (tertiary/aromatic N) is 3. The zero-order valence-corrected chi connectivity index (χ0v) is 22.4. The zero-order chi connectivity index (χ0) is 26.1. The van der Waals surface area contributed by atoms with Gasteiger partial charge in [0.05, 0.1) is 24.5 Å². The fourth-order valence-corrected chi connectivity index (χ4v) is 6.68. The summed E-state index contributed by atoms with van der Waals surface area (Å²) in [5.74, 6) is -1.06. The van der Waals surface area contributed by atoms with Gasteiger partial charge in [0.2, 0.25) is 11.8 Å². The number of hydrogen-bond donors (Lipinski definition) is 1. The molecule has 4 aliphatic heterocycles. The molecule has 3 fully saturated rings. The lowest BCUT2D eigenvalue weighted by Gasteiger charge is -2.34. The molecule has 2 bridgehead atoms. The van der Waals surface area contributed by atoms with Gasteiger partial charge in [-0.3, -0.25) is 14.5 Å². The van der Waals surface area contributed by atoms with Crippen LogP contribution in [0.15, 0.2) is 66.7 Å². The Morgan fingerprint density at radius 3 is 2.53 bits per heavy atom. The number of hydrogen-bond acceptors (Lipinski definition) is 5. The predicted molar refractivity (Wildman–Crippen MR) is 146 cm³/mol. The van der Waals surface area contributed by atoms with Gasteiger partial charge in [-0.05, 0) is 30.2 Å². The van der Waals surface area contributed by atoms with Crippen LogP contribution in [0.3, 0.4) is 0 Å². The molecule has 0 saturated carbocycles. The molecule has 3 saturated heterocycles. The van der Waals surface area contributed by atoms with Crippen molar-refractivity contribution in [1.82, 2.24) is 20.0 Å². The minimum atomic E-state index is -0.704. The number of carbonyl (C=O) groups is 2. The van der Waals surface area contributed by atoms with E-state index in [-0.39, 0.29) is 17.9 Å². The van der Waals surface area contributed by atoms with Crippen molar-refractivity contribution in [3.8, 4) is 0 Å². The standard InChI is InChI=1S/C30H35ClN4O3/c31-24-10-5-4-9-23(24)20-35-21-30-12-11-25(38-30)26(27(30)29(35)37)28(36)32-13-6-14-33-15-17-34(18-16-33)19-22-7-2-1-3-8-22/h1-5,7-12,25-27H,6,13-21H2,(H,32,36)/t25-,26+,27-,30+/m1/s1. The molecule has 7 nitrogen and oxygen atoms in total. The largest absolute Gasteiger partial charge is 0.360 e. The van der Waals surface area contributed by atoms with Gasteiger partial charge in [0.1, 0.15) is 5.60 Å². The average Bonchev–Trinajstić information content (AvgIpc) is 3.57. The van der Waals surface area contributed by atoms with E-state index in [1.165, 1.54) is 5.56 Å². The van der Waals surface area contributed by atoms with E-state index in [2.05, 4.69) is 45.4 Å². The summed E-state index contributed by atoms with van der Waals surface area (Å²) in [6, 6.07) is 18.2. The second kappa shape index (κ2) is 10.8. The summed E-state index contributed by atoms with van der Waals surface area (Å²) < 4.78 is 6.26. The number of fused-ring (bicyclic) bond motifs is 1. The maximum Gasteiger partial charge on any atom is 0.230 e. The van der Waals surface area contributed by atoms with Gasteiger partial charge >= 0.3 is 0 Å². The first kappa shape index (κ1) is 25.6. The number of ether oxygens (including phenoxy) is 1. The molecular weight excluding hydrogens is 500 g/mol. The molecule has 8 heteroatoms. The molecule has 1 N–H and O–H groups in total. The fourth-order valence-electron chi connectivity index (χ4n) is 6.49. The third-order valence-electron chi connectivity index (χ3n) is 8.46. The lowest BCUT2D eigenvalue weighted by atomic mass is 9.77. The minimum Gasteiger partial charge on any atom is -0.360 e. The van der Waals surface area contributed by atoms with Crippen LogP contribution >= 0.6 is 11.6 Å². The molecule has 0 radical (unpaired) electrons. The highest BCUT2D eigenvalue weighted by Crippen LogP contribution is 2.52. The second-order valence-corrected chi connectivity index (χ2v) is 11.3. The number of amides is 2. The monoisotopic (exact) mass is 534 g/mol. The average molecular weight is 535 g/mol. The Morgan fingerprint density at radius 1 is 1.00 bits per heavy atom. The van der Waals surface area contributed by atoms with Gasteiger partial charge in [0.25, 0.3) is 0 Å². The molecule has 2 amide bonds. The Bertz CT molecular complexity index is 1200. The van der Waals surface area contributed by atoms with E-state index in [9.17, 15) is 9.59 Å². The maximum absolute atomic E-state index is 13.5. The summed E-state index contributed by atoms with van der Waals surface area (Å²) in [6.07, 6.45) is 4.51. The van der Waals surface area contributed by atoms with E-state index in [4.69, 9.17) is 16.3 Å². The van der Waals surface area contributed by atoms with Gasteiger partial charge in [-0.15, -0.1) is 0 Å². The number of rotatable bonds is 9. The summed E-state index contributed by atoms with van der Waals surface area (Å²) in [7, 11) is 0. The van der Waals surface area contributed by atoms with Crippen LogP contribution in [0.25, 0.3) is 0 Å². The molecular formula is C30H35ClN4O3. The second-order valence-electron chi connectivity index (χ2n) is 10.9. The van der Waals surface area contributed by atoms with Crippen LogP contribution in [-0.4, -0.2) is 84.0 Å². The Morgan fingerprint density at radius 2 is 1.74 bits per heavy atom. The summed E-state index contributed by atoms with van der Waals surface area (Å²) in [6.45, 7) is 7.65. The van der Waals surface area contributed by atoms with Crippen molar-refractivity contribution in [2.24, 2.45) is 11.8 Å². The number of halogens is 1. The Kier molecular flexibility index (Phi) is 7.27. The first-order valence-electron chi connectivity index (χ1n) is 13.7. The van der Waals surface area contributed by atoms with Crippen molar-refractivity contribution >= 4 is 23.4 Å². The van der Waals surface area contributed by atoms with Crippen LogP contribution in [0.4, 0.5) is 0 Å². The van der Waals surface area contributed by atoms with Crippen molar-refractivity contribution in [2.45, 2.75) is 31.2 Å². The first-order chi connectivity index (χ1) is 18.5. The smallest absolute Gasteiger partial charge is 0.230 e. The number of benzene rings is 2. The Hall–Kier alpha value is -2.71. The van der Waals surface area contributed by atoms with E-state index in [0.29, 0.717) is 24.7 Å². The summed E-state index contributed by atoms with van der Waals surface area (Å²) in [4.78, 5) is 33.5. The minimum absolute atomic E-state index is 0.0229. The van der Waals surface area contributed by atoms with E-state index >= 15 is 0 Å². The molecule has 0 unspecified atom stereocenters. The van der Waals surface area contributed by atoms with E-state index < -0.39 is 17.4 Å². The van der Waals surface area contributed by atoms with Crippen LogP contribution in [0.1, 0.15) is 17.5 Å². The van der Waals surface area contributed by atoms with Crippen molar-refractivity contribution in [2.75, 3.05) is 45.8 Å². The van der Waals surface area contributed by atoms with Crippen LogP contribution in [0.5, 0.6) is 0 Å². The zero-order valence-electron chi connectivity index (χ0n) is 21.6. The summed E-state index contributed by atoms with van der Waals surface area (Å²) in [5, 5.41) is 3.75. The Balaban J connectivity index is 0.972. The Labute approximate surface area is 229 Å². The lowest BCUT2D eigenvalue weighted by molar-refractivity contribution is -0.137. The third kappa shape index (κ3) is 5.00. The molecule has 4 heterocycles. The molecule has 2 aromatic rings. The van der Waals surface area contributed by atoms with Crippen molar-refractivity contribution < 1.29 is 14.3 Å². The molecule has 4 aliphatic rings. The van der Waals surface area contributed by atoms with Gasteiger partial charge in [0, 0.05) is 50.8 Å². The van der Waals surface area contributed by atoms with Gasteiger partial charge in [-0.1, -0.05) is 72.3 Å². The van der Waals surface area contributed by atoms with Gasteiger partial charge in [-0.2, -0.15) is 0 Å². The van der Waals surface area contributed by atoms with Crippen LogP contribution in [-0.2, 0) is 27.4 Å². The molecule has 0 aliphatic carbocycles.